The van der Waals surface area contributed by atoms with Gasteiger partial charge in [-0.25, -0.2) is 4.79 Å². The largest absolute Gasteiger partial charge is 0.493 e. The highest BCUT2D eigenvalue weighted by molar-refractivity contribution is 6.16. The van der Waals surface area contributed by atoms with Crippen LogP contribution in [0, 0.1) is 10.1 Å². The van der Waals surface area contributed by atoms with E-state index in [9.17, 15) is 14.9 Å². The third kappa shape index (κ3) is 3.73. The summed E-state index contributed by atoms with van der Waals surface area (Å²) in [5.41, 5.74) is 2.99. The smallest absolute Gasteiger partial charge is 0.338 e. The van der Waals surface area contributed by atoms with E-state index in [2.05, 4.69) is 0 Å². The molecule has 1 heterocycles. The molecule has 8 heteroatoms. The number of carbonyl (C=O) groups excluding carboxylic acids is 1. The predicted octanol–water partition coefficient (Wildman–Crippen LogP) is 4.28. The Kier molecular flexibility index (Phi) is 5.63. The molecule has 2 atom stereocenters. The molecule has 2 aliphatic rings. The topological polar surface area (TPSA) is 100 Å². The van der Waals surface area contributed by atoms with Gasteiger partial charge in [0.25, 0.3) is 5.69 Å². The molecule has 8 nitrogen and oxygen atoms in total. The number of rotatable bonds is 5. The summed E-state index contributed by atoms with van der Waals surface area (Å²) < 4.78 is 15.8. The first kappa shape index (κ1) is 20.8. The van der Waals surface area contributed by atoms with Crippen LogP contribution < -0.4 is 9.47 Å². The summed E-state index contributed by atoms with van der Waals surface area (Å²) in [5, 5.41) is 11.5. The van der Waals surface area contributed by atoms with Gasteiger partial charge < -0.3 is 14.2 Å². The van der Waals surface area contributed by atoms with E-state index in [1.165, 1.54) is 19.2 Å². The molecule has 0 unspecified atom stereocenters. The molecule has 0 spiro atoms. The number of fused-ring (bicyclic) bond motifs is 3. The van der Waals surface area contributed by atoms with E-state index in [0.29, 0.717) is 22.8 Å². The number of hydrogen-bond donors (Lipinski definition) is 0. The Bertz CT molecular complexity index is 1080. The second-order valence-corrected chi connectivity index (χ2v) is 7.75. The fraction of sp³-hybridized carbons (Fsp3) is 0.391. The molecule has 1 saturated carbocycles. The molecule has 1 aliphatic heterocycles. The summed E-state index contributed by atoms with van der Waals surface area (Å²) in [5.74, 6) is 0.818. The maximum absolute atomic E-state index is 12.2. The van der Waals surface area contributed by atoms with Crippen LogP contribution in [0.2, 0.25) is 0 Å². The van der Waals surface area contributed by atoms with Gasteiger partial charge in [0.1, 0.15) is 0 Å². The Morgan fingerprint density at radius 2 is 1.74 bits per heavy atom. The molecule has 0 bridgehead atoms. The van der Waals surface area contributed by atoms with Crippen LogP contribution in [0.1, 0.15) is 58.6 Å². The van der Waals surface area contributed by atoms with Crippen molar-refractivity contribution in [1.82, 2.24) is 0 Å². The summed E-state index contributed by atoms with van der Waals surface area (Å²) in [4.78, 5) is 28.2. The van der Waals surface area contributed by atoms with Crippen LogP contribution in [0.25, 0.3) is 0 Å². The fourth-order valence-corrected chi connectivity index (χ4v) is 4.59. The maximum Gasteiger partial charge on any atom is 0.338 e. The Hall–Kier alpha value is -3.42. The number of benzene rings is 2. The average molecular weight is 424 g/mol. The zero-order valence-electron chi connectivity index (χ0n) is 17.7. The van der Waals surface area contributed by atoms with Crippen molar-refractivity contribution in [2.45, 2.75) is 37.6 Å². The summed E-state index contributed by atoms with van der Waals surface area (Å²) in [7, 11) is 4.41. The third-order valence-electron chi connectivity index (χ3n) is 6.06. The van der Waals surface area contributed by atoms with Crippen molar-refractivity contribution < 1.29 is 23.9 Å². The molecule has 31 heavy (non-hydrogen) atoms. The first-order valence-corrected chi connectivity index (χ1v) is 10.2. The van der Waals surface area contributed by atoms with Crippen molar-refractivity contribution in [2.24, 2.45) is 4.99 Å². The maximum atomic E-state index is 12.2. The lowest BCUT2D eigenvalue weighted by molar-refractivity contribution is -0.384. The summed E-state index contributed by atoms with van der Waals surface area (Å²) in [6.07, 6.45) is 4.18. The van der Waals surface area contributed by atoms with Gasteiger partial charge >= 0.3 is 5.97 Å². The Balaban J connectivity index is 1.94. The van der Waals surface area contributed by atoms with Gasteiger partial charge in [-0.05, 0) is 36.6 Å². The standard InChI is InChI=1S/C23H24N2O6/c1-29-20-11-17-16-6-4-5-7-19(16)24-22(18(17)12-21(20)30-2)13-8-14(23(26)31-3)10-15(9-13)25(27)28/h8-12,16,19H,4-7H2,1-3H3/t16-,19-/m1/s1. The van der Waals surface area contributed by atoms with Gasteiger partial charge in [0, 0.05) is 29.2 Å². The number of carbonyl (C=O) groups is 1. The predicted molar refractivity (Wildman–Crippen MR) is 115 cm³/mol. The Morgan fingerprint density at radius 3 is 2.42 bits per heavy atom. The highest BCUT2D eigenvalue weighted by atomic mass is 16.6. The second-order valence-electron chi connectivity index (χ2n) is 7.75. The van der Waals surface area contributed by atoms with Crippen molar-refractivity contribution in [3.8, 4) is 11.5 Å². The molecule has 0 N–H and O–H groups in total. The SMILES string of the molecule is COC(=O)c1cc(C2=N[C@@H]3CCCC[C@@H]3c3cc(OC)c(OC)cc32)cc([N+](=O)[O-])c1. The van der Waals surface area contributed by atoms with Gasteiger partial charge in [-0.1, -0.05) is 12.8 Å². The normalized spacial score (nSPS) is 19.5. The first-order chi connectivity index (χ1) is 15.0. The zero-order chi connectivity index (χ0) is 22.1. The summed E-state index contributed by atoms with van der Waals surface area (Å²) in [6, 6.07) is 8.21. The molecular weight excluding hydrogens is 400 g/mol. The number of nitro benzene ring substituents is 1. The Morgan fingerprint density at radius 1 is 1.03 bits per heavy atom. The average Bonchev–Trinajstić information content (AvgIpc) is 2.81. The number of aliphatic imine (C=N–C) groups is 1. The van der Waals surface area contributed by atoms with E-state index in [4.69, 9.17) is 19.2 Å². The van der Waals surface area contributed by atoms with E-state index >= 15 is 0 Å². The second kappa shape index (κ2) is 8.37. The number of methoxy groups -OCH3 is 3. The first-order valence-electron chi connectivity index (χ1n) is 10.2. The Labute approximate surface area is 180 Å². The van der Waals surface area contributed by atoms with Crippen LogP contribution in [-0.4, -0.2) is 44.0 Å². The van der Waals surface area contributed by atoms with Crippen molar-refractivity contribution in [2.75, 3.05) is 21.3 Å². The third-order valence-corrected chi connectivity index (χ3v) is 6.06. The zero-order valence-corrected chi connectivity index (χ0v) is 17.7. The number of non-ortho nitro benzene ring substituents is 1. The highest BCUT2D eigenvalue weighted by Crippen LogP contribution is 2.45. The van der Waals surface area contributed by atoms with E-state index in [1.54, 1.807) is 20.3 Å². The molecule has 1 fully saturated rings. The monoisotopic (exact) mass is 424 g/mol. The van der Waals surface area contributed by atoms with Crippen LogP contribution >= 0.6 is 0 Å². The van der Waals surface area contributed by atoms with Crippen LogP contribution in [0.15, 0.2) is 35.3 Å². The quantitative estimate of drug-likeness (QED) is 0.404. The minimum absolute atomic E-state index is 0.0789. The van der Waals surface area contributed by atoms with Gasteiger partial charge in [-0.15, -0.1) is 0 Å². The number of ether oxygens (including phenoxy) is 3. The number of esters is 1. The molecule has 2 aromatic rings. The molecule has 2 aromatic carbocycles. The van der Waals surface area contributed by atoms with Gasteiger partial charge in [0.05, 0.1) is 43.6 Å². The summed E-state index contributed by atoms with van der Waals surface area (Å²) >= 11 is 0. The van der Waals surface area contributed by atoms with Gasteiger partial charge in [-0.3, -0.25) is 15.1 Å². The summed E-state index contributed by atoms with van der Waals surface area (Å²) in [6.45, 7) is 0. The van der Waals surface area contributed by atoms with E-state index in [-0.39, 0.29) is 23.2 Å². The number of hydrogen-bond acceptors (Lipinski definition) is 7. The number of nitrogens with zero attached hydrogens (tertiary/aromatic N) is 2. The van der Waals surface area contributed by atoms with Crippen molar-refractivity contribution in [3.63, 3.8) is 0 Å². The van der Waals surface area contributed by atoms with Gasteiger partial charge in [0.2, 0.25) is 0 Å². The van der Waals surface area contributed by atoms with Crippen molar-refractivity contribution in [3.05, 3.63) is 62.7 Å². The minimum Gasteiger partial charge on any atom is -0.493 e. The van der Waals surface area contributed by atoms with Crippen LogP contribution in [-0.2, 0) is 4.74 Å². The van der Waals surface area contributed by atoms with Gasteiger partial charge in [0.15, 0.2) is 11.5 Å². The molecule has 0 radical (unpaired) electrons. The lowest BCUT2D eigenvalue weighted by Crippen LogP contribution is -2.29. The molecule has 4 rings (SSSR count). The van der Waals surface area contributed by atoms with E-state index < -0.39 is 10.9 Å². The van der Waals surface area contributed by atoms with Crippen LogP contribution in [0.3, 0.4) is 0 Å². The molecule has 0 amide bonds. The van der Waals surface area contributed by atoms with Crippen molar-refractivity contribution >= 4 is 17.4 Å². The lowest BCUT2D eigenvalue weighted by atomic mass is 9.75. The molecule has 0 saturated heterocycles. The molecule has 1 aliphatic carbocycles. The lowest BCUT2D eigenvalue weighted by Gasteiger charge is -2.35. The molecular formula is C23H24N2O6. The van der Waals surface area contributed by atoms with E-state index in [1.807, 2.05) is 12.1 Å². The van der Waals surface area contributed by atoms with Gasteiger partial charge in [-0.2, -0.15) is 0 Å². The van der Waals surface area contributed by atoms with Crippen molar-refractivity contribution in [1.29, 1.82) is 0 Å². The van der Waals surface area contributed by atoms with Crippen LogP contribution in [0.5, 0.6) is 11.5 Å². The molecule has 162 valence electrons. The highest BCUT2D eigenvalue weighted by Gasteiger charge is 2.35. The van der Waals surface area contributed by atoms with Crippen LogP contribution in [0.4, 0.5) is 5.69 Å². The minimum atomic E-state index is -0.635. The number of nitro groups is 1. The fourth-order valence-electron chi connectivity index (χ4n) is 4.59. The van der Waals surface area contributed by atoms with E-state index in [0.717, 1.165) is 36.8 Å². The molecule has 0 aromatic heterocycles.